The van der Waals surface area contributed by atoms with E-state index in [2.05, 4.69) is 15.6 Å². The Morgan fingerprint density at radius 2 is 1.92 bits per heavy atom. The molecule has 6 rings (SSSR count). The molecule has 2 aromatic heterocycles. The fourth-order valence-electron chi connectivity index (χ4n) is 4.88. The van der Waals surface area contributed by atoms with E-state index >= 15 is 0 Å². The van der Waals surface area contributed by atoms with Crippen LogP contribution in [0.1, 0.15) is 36.6 Å². The lowest BCUT2D eigenvalue weighted by Gasteiger charge is -2.31. The monoisotopic (exact) mass is 503 g/mol. The lowest BCUT2D eigenvalue weighted by Crippen LogP contribution is -2.47. The fraction of sp³-hybridized carbons (Fsp3) is 0.308. The van der Waals surface area contributed by atoms with Crippen LogP contribution < -0.4 is 19.7 Å². The van der Waals surface area contributed by atoms with Crippen LogP contribution in [0.2, 0.25) is 0 Å². The van der Waals surface area contributed by atoms with Crippen LogP contribution in [0.25, 0.3) is 11.0 Å². The van der Waals surface area contributed by atoms with Crippen LogP contribution in [0.4, 0.5) is 5.69 Å². The number of anilines is 1. The molecule has 10 heteroatoms. The zero-order valence-electron chi connectivity index (χ0n) is 19.5. The summed E-state index contributed by atoms with van der Waals surface area (Å²) in [6, 6.07) is 15.8. The fourth-order valence-corrected chi connectivity index (χ4v) is 5.69. The van der Waals surface area contributed by atoms with E-state index in [-0.39, 0.29) is 31.2 Å². The zero-order valence-corrected chi connectivity index (χ0v) is 20.3. The highest BCUT2D eigenvalue weighted by atomic mass is 32.1. The highest BCUT2D eigenvalue weighted by Crippen LogP contribution is 2.39. The van der Waals surface area contributed by atoms with Gasteiger partial charge in [0.15, 0.2) is 11.5 Å². The van der Waals surface area contributed by atoms with Crippen LogP contribution in [0.3, 0.4) is 0 Å². The average Bonchev–Trinajstić information content (AvgIpc) is 3.70. The molecule has 36 heavy (non-hydrogen) atoms. The van der Waals surface area contributed by atoms with Crippen molar-refractivity contribution < 1.29 is 19.1 Å². The first kappa shape index (κ1) is 22.5. The minimum Gasteiger partial charge on any atom is -0.454 e. The van der Waals surface area contributed by atoms with Gasteiger partial charge in [-0.2, -0.15) is 0 Å². The van der Waals surface area contributed by atoms with Gasteiger partial charge in [0.05, 0.1) is 5.52 Å². The Morgan fingerprint density at radius 1 is 1.08 bits per heavy atom. The number of hydrogen-bond acceptors (Lipinski definition) is 7. The Balaban J connectivity index is 1.40. The number of thiophene rings is 1. The molecule has 0 unspecified atom stereocenters. The second-order valence-electron chi connectivity index (χ2n) is 8.95. The number of carbonyl (C=O) groups excluding carboxylic acids is 2. The van der Waals surface area contributed by atoms with Crippen LogP contribution in [0.5, 0.6) is 11.5 Å². The van der Waals surface area contributed by atoms with Crippen LogP contribution in [0.15, 0.2) is 60.0 Å². The van der Waals surface area contributed by atoms with Gasteiger partial charge in [-0.3, -0.25) is 14.5 Å². The SMILES string of the molecule is O=C(NC1CCCC1)[C@H](c1cccs1)N(C(=O)Cn1nnc2ccccc21)c1ccc2c(c1)OCO2. The number of fused-ring (bicyclic) bond motifs is 2. The molecule has 1 fully saturated rings. The normalized spacial score (nSPS) is 15.8. The Labute approximate surface area is 211 Å². The molecule has 184 valence electrons. The number of hydrogen-bond donors (Lipinski definition) is 1. The first-order valence-electron chi connectivity index (χ1n) is 12.0. The first-order valence-corrected chi connectivity index (χ1v) is 12.9. The predicted molar refractivity (Wildman–Crippen MR) is 135 cm³/mol. The quantitative estimate of drug-likeness (QED) is 0.409. The maximum absolute atomic E-state index is 14.0. The topological polar surface area (TPSA) is 98.6 Å². The third-order valence-electron chi connectivity index (χ3n) is 6.63. The van der Waals surface area contributed by atoms with Crippen molar-refractivity contribution in [1.29, 1.82) is 0 Å². The van der Waals surface area contributed by atoms with E-state index in [4.69, 9.17) is 9.47 Å². The van der Waals surface area contributed by atoms with E-state index in [0.29, 0.717) is 22.7 Å². The average molecular weight is 504 g/mol. The van der Waals surface area contributed by atoms with Crippen molar-refractivity contribution in [2.45, 2.75) is 44.3 Å². The van der Waals surface area contributed by atoms with Gasteiger partial charge in [0.2, 0.25) is 18.6 Å². The number of ether oxygens (including phenoxy) is 2. The zero-order chi connectivity index (χ0) is 24.5. The van der Waals surface area contributed by atoms with Gasteiger partial charge in [0.1, 0.15) is 18.1 Å². The summed E-state index contributed by atoms with van der Waals surface area (Å²) < 4.78 is 12.6. The van der Waals surface area contributed by atoms with Gasteiger partial charge in [0, 0.05) is 22.7 Å². The number of nitrogens with one attached hydrogen (secondary N) is 1. The van der Waals surface area contributed by atoms with Crippen LogP contribution in [0, 0.1) is 0 Å². The number of nitrogens with zero attached hydrogens (tertiary/aromatic N) is 4. The summed E-state index contributed by atoms with van der Waals surface area (Å²) in [5.74, 6) is 0.664. The molecule has 9 nitrogen and oxygen atoms in total. The lowest BCUT2D eigenvalue weighted by molar-refractivity contribution is -0.127. The van der Waals surface area contributed by atoms with Gasteiger partial charge in [-0.05, 0) is 48.6 Å². The van der Waals surface area contributed by atoms with E-state index in [0.717, 1.165) is 36.1 Å². The lowest BCUT2D eigenvalue weighted by atomic mass is 10.1. The molecule has 0 bridgehead atoms. The van der Waals surface area contributed by atoms with Gasteiger partial charge in [-0.15, -0.1) is 16.4 Å². The maximum Gasteiger partial charge on any atom is 0.249 e. The second-order valence-corrected chi connectivity index (χ2v) is 9.92. The van der Waals surface area contributed by atoms with Gasteiger partial charge >= 0.3 is 0 Å². The summed E-state index contributed by atoms with van der Waals surface area (Å²) in [4.78, 5) is 30.1. The Hall–Kier alpha value is -3.92. The number of rotatable bonds is 7. The third kappa shape index (κ3) is 4.28. The molecule has 0 saturated heterocycles. The van der Waals surface area contributed by atoms with Crippen molar-refractivity contribution in [3.8, 4) is 11.5 Å². The predicted octanol–water partition coefficient (Wildman–Crippen LogP) is 4.05. The molecule has 4 aromatic rings. The molecule has 1 aliphatic carbocycles. The van der Waals surface area contributed by atoms with Gasteiger partial charge in [0.25, 0.3) is 0 Å². The molecule has 2 aliphatic rings. The molecule has 2 amide bonds. The van der Waals surface area contributed by atoms with E-state index < -0.39 is 6.04 Å². The Kier molecular flexibility index (Phi) is 6.02. The number of amides is 2. The van der Waals surface area contributed by atoms with Crippen molar-refractivity contribution in [1.82, 2.24) is 20.3 Å². The Bertz CT molecular complexity index is 1400. The molecule has 3 heterocycles. The smallest absolute Gasteiger partial charge is 0.249 e. The molecular weight excluding hydrogens is 478 g/mol. The number of benzene rings is 2. The van der Waals surface area contributed by atoms with Crippen LogP contribution >= 0.6 is 11.3 Å². The number of aromatic nitrogens is 3. The van der Waals surface area contributed by atoms with Crippen molar-refractivity contribution in [3.63, 3.8) is 0 Å². The second kappa shape index (κ2) is 9.62. The molecule has 1 atom stereocenters. The van der Waals surface area contributed by atoms with Gasteiger partial charge in [-0.1, -0.05) is 36.3 Å². The maximum atomic E-state index is 14.0. The summed E-state index contributed by atoms with van der Waals surface area (Å²) in [5.41, 5.74) is 2.00. The van der Waals surface area contributed by atoms with Crippen molar-refractivity contribution in [2.75, 3.05) is 11.7 Å². The summed E-state index contributed by atoms with van der Waals surface area (Å²) in [7, 11) is 0. The molecule has 1 saturated carbocycles. The van der Waals surface area contributed by atoms with Crippen molar-refractivity contribution in [3.05, 3.63) is 64.9 Å². The minimum absolute atomic E-state index is 0.0759. The summed E-state index contributed by atoms with van der Waals surface area (Å²) in [5, 5.41) is 13.5. The molecule has 1 aliphatic heterocycles. The molecule has 0 spiro atoms. The molecule has 0 radical (unpaired) electrons. The first-order chi connectivity index (χ1) is 17.7. The van der Waals surface area contributed by atoms with Crippen LogP contribution in [-0.4, -0.2) is 39.6 Å². The van der Waals surface area contributed by atoms with E-state index in [1.165, 1.54) is 11.3 Å². The van der Waals surface area contributed by atoms with E-state index in [1.54, 1.807) is 27.8 Å². The van der Waals surface area contributed by atoms with Gasteiger partial charge < -0.3 is 14.8 Å². The van der Waals surface area contributed by atoms with Crippen molar-refractivity contribution >= 4 is 39.9 Å². The summed E-state index contributed by atoms with van der Waals surface area (Å²) >= 11 is 1.45. The van der Waals surface area contributed by atoms with Crippen molar-refractivity contribution in [2.24, 2.45) is 0 Å². The highest BCUT2D eigenvalue weighted by molar-refractivity contribution is 7.10. The number of carbonyl (C=O) groups is 2. The van der Waals surface area contributed by atoms with Gasteiger partial charge in [-0.25, -0.2) is 4.68 Å². The largest absolute Gasteiger partial charge is 0.454 e. The summed E-state index contributed by atoms with van der Waals surface area (Å²) in [6.07, 6.45) is 4.09. The number of para-hydroxylation sites is 1. The Morgan fingerprint density at radius 3 is 2.75 bits per heavy atom. The van der Waals surface area contributed by atoms with Crippen LogP contribution in [-0.2, 0) is 16.1 Å². The highest BCUT2D eigenvalue weighted by Gasteiger charge is 2.36. The molecule has 2 aromatic carbocycles. The van der Waals surface area contributed by atoms with E-state index in [9.17, 15) is 9.59 Å². The standard InChI is InChI=1S/C26H25N5O4S/c32-24(15-30-20-9-4-3-8-19(20)28-29-30)31(18-11-12-21-22(14-18)35-16-34-21)25(23-10-5-13-36-23)26(33)27-17-6-1-2-7-17/h3-5,8-14,17,25H,1-2,6-7,15-16H2,(H,27,33)/t25-/m0/s1. The third-order valence-corrected chi connectivity index (χ3v) is 7.55. The molecular formula is C26H25N5O4S. The molecule has 1 N–H and O–H groups in total. The minimum atomic E-state index is -0.840. The summed E-state index contributed by atoms with van der Waals surface area (Å²) in [6.45, 7) is 0.0434. The van der Waals surface area contributed by atoms with E-state index in [1.807, 2.05) is 41.8 Å².